The minimum absolute atomic E-state index is 0.000493. The maximum absolute atomic E-state index is 13.3. The van der Waals surface area contributed by atoms with Crippen molar-refractivity contribution in [1.29, 1.82) is 0 Å². The van der Waals surface area contributed by atoms with Crippen LogP contribution in [0.25, 0.3) is 0 Å². The molecule has 1 N–H and O–H groups in total. The number of nitrogens with zero attached hydrogens (tertiary/aromatic N) is 2. The summed E-state index contributed by atoms with van der Waals surface area (Å²) in [4.78, 5) is 19.6. The highest BCUT2D eigenvalue weighted by Gasteiger charge is 2.44. The Morgan fingerprint density at radius 3 is 2.68 bits per heavy atom. The van der Waals surface area contributed by atoms with Crippen LogP contribution < -0.4 is 10.1 Å². The van der Waals surface area contributed by atoms with Crippen molar-refractivity contribution in [3.63, 3.8) is 0 Å². The number of para-hydroxylation sites is 1. The Morgan fingerprint density at radius 2 is 1.93 bits per heavy atom. The van der Waals surface area contributed by atoms with Crippen LogP contribution in [-0.2, 0) is 6.54 Å². The first-order valence-electron chi connectivity index (χ1n) is 10.5. The number of nitrogens with one attached hydrogen (secondary N) is 1. The number of hydrogen-bond donors (Lipinski definition) is 1. The van der Waals surface area contributed by atoms with Gasteiger partial charge in [0.15, 0.2) is 0 Å². The number of benzene rings is 1. The van der Waals surface area contributed by atoms with Gasteiger partial charge in [-0.1, -0.05) is 24.3 Å². The van der Waals surface area contributed by atoms with E-state index in [0.717, 1.165) is 49.1 Å². The first-order chi connectivity index (χ1) is 13.7. The number of urea groups is 1. The van der Waals surface area contributed by atoms with Gasteiger partial charge in [0.25, 0.3) is 0 Å². The molecule has 2 heterocycles. The first kappa shape index (κ1) is 17.5. The fourth-order valence-electron chi connectivity index (χ4n) is 4.72. The van der Waals surface area contributed by atoms with E-state index < -0.39 is 0 Å². The second kappa shape index (κ2) is 7.12. The number of hydrogen-bond acceptors (Lipinski definition) is 3. The quantitative estimate of drug-likeness (QED) is 0.848. The maximum atomic E-state index is 13.3. The summed E-state index contributed by atoms with van der Waals surface area (Å²) in [7, 11) is 0. The number of carbonyl (C=O) groups is 1. The molecule has 1 spiro atoms. The van der Waals surface area contributed by atoms with Gasteiger partial charge in [-0.3, -0.25) is 4.98 Å². The molecule has 1 aromatic heterocycles. The van der Waals surface area contributed by atoms with Gasteiger partial charge in [-0.2, -0.15) is 0 Å². The van der Waals surface area contributed by atoms with Gasteiger partial charge >= 0.3 is 6.03 Å². The highest BCUT2D eigenvalue weighted by Crippen LogP contribution is 2.47. The predicted molar refractivity (Wildman–Crippen MR) is 107 cm³/mol. The monoisotopic (exact) mass is 377 g/mol. The lowest BCUT2D eigenvalue weighted by molar-refractivity contribution is 0.0374. The molecular weight excluding hydrogens is 350 g/mol. The third-order valence-electron chi connectivity index (χ3n) is 6.32. The van der Waals surface area contributed by atoms with Gasteiger partial charge in [0.05, 0.1) is 18.3 Å². The van der Waals surface area contributed by atoms with Crippen LogP contribution in [0, 0.1) is 0 Å². The van der Waals surface area contributed by atoms with Crippen molar-refractivity contribution >= 4 is 6.03 Å². The van der Waals surface area contributed by atoms with Crippen LogP contribution in [0.4, 0.5) is 4.79 Å². The van der Waals surface area contributed by atoms with E-state index in [4.69, 9.17) is 4.74 Å². The van der Waals surface area contributed by atoms with E-state index in [0.29, 0.717) is 12.6 Å². The average Bonchev–Trinajstić information content (AvgIpc) is 3.47. The molecule has 0 bridgehead atoms. The van der Waals surface area contributed by atoms with Crippen molar-refractivity contribution in [3.8, 4) is 5.75 Å². The standard InChI is InChI=1S/C23H27N3O2/c27-22(26(18-10-11-18)16-17-7-3-6-14-24-17)25-20-15-23(12-4-5-13-23)28-21-9-2-1-8-19(20)21/h1-3,6-9,14,18,20H,4-5,10-13,15-16H2,(H,25,27)/t20-/m0/s1. The molecule has 5 rings (SSSR count). The van der Waals surface area contributed by atoms with Crippen LogP contribution in [-0.4, -0.2) is 27.6 Å². The lowest BCUT2D eigenvalue weighted by atomic mass is 9.86. The molecule has 2 amide bonds. The molecule has 146 valence electrons. The summed E-state index contributed by atoms with van der Waals surface area (Å²) in [5.41, 5.74) is 1.92. The third kappa shape index (κ3) is 3.46. The van der Waals surface area contributed by atoms with Gasteiger partial charge < -0.3 is 15.0 Å². The minimum atomic E-state index is -0.113. The SMILES string of the molecule is O=C(N[C@H]1CC2(CCCC2)Oc2ccccc21)N(Cc1ccccn1)C1CC1. The van der Waals surface area contributed by atoms with Gasteiger partial charge in [0, 0.05) is 24.2 Å². The van der Waals surface area contributed by atoms with E-state index in [1.54, 1.807) is 6.20 Å². The Balaban J connectivity index is 1.37. The normalized spacial score (nSPS) is 22.4. The number of aromatic nitrogens is 1. The summed E-state index contributed by atoms with van der Waals surface area (Å²) in [6.07, 6.45) is 9.37. The molecule has 0 unspecified atom stereocenters. The highest BCUT2D eigenvalue weighted by molar-refractivity contribution is 5.75. The first-order valence-corrected chi connectivity index (χ1v) is 10.5. The maximum Gasteiger partial charge on any atom is 0.318 e. The molecule has 0 saturated heterocycles. The minimum Gasteiger partial charge on any atom is -0.487 e. The molecule has 5 heteroatoms. The van der Waals surface area contributed by atoms with Crippen molar-refractivity contribution in [2.45, 2.75) is 69.2 Å². The zero-order valence-electron chi connectivity index (χ0n) is 16.1. The number of pyridine rings is 1. The van der Waals surface area contributed by atoms with Gasteiger partial charge in [-0.05, 0) is 56.7 Å². The summed E-state index contributed by atoms with van der Waals surface area (Å²) >= 11 is 0. The fraction of sp³-hybridized carbons (Fsp3) is 0.478. The molecule has 0 radical (unpaired) electrons. The van der Waals surface area contributed by atoms with Gasteiger partial charge in [-0.25, -0.2) is 4.79 Å². The molecule has 2 aliphatic carbocycles. The number of fused-ring (bicyclic) bond motifs is 1. The fourth-order valence-corrected chi connectivity index (χ4v) is 4.72. The molecule has 2 aromatic rings. The van der Waals surface area contributed by atoms with E-state index in [2.05, 4.69) is 16.4 Å². The van der Waals surface area contributed by atoms with Gasteiger partial charge in [0.1, 0.15) is 11.4 Å². The molecular formula is C23H27N3O2. The van der Waals surface area contributed by atoms with Crippen molar-refractivity contribution in [2.24, 2.45) is 0 Å². The lowest BCUT2D eigenvalue weighted by Gasteiger charge is -2.40. The predicted octanol–water partition coefficient (Wildman–Crippen LogP) is 4.59. The van der Waals surface area contributed by atoms with Crippen LogP contribution in [0.3, 0.4) is 0 Å². The summed E-state index contributed by atoms with van der Waals surface area (Å²) in [5, 5.41) is 3.35. The highest BCUT2D eigenvalue weighted by atomic mass is 16.5. The second-order valence-electron chi connectivity index (χ2n) is 8.42. The zero-order valence-corrected chi connectivity index (χ0v) is 16.1. The zero-order chi connectivity index (χ0) is 19.0. The van der Waals surface area contributed by atoms with E-state index in [9.17, 15) is 4.79 Å². The molecule has 1 atom stereocenters. The van der Waals surface area contributed by atoms with Crippen LogP contribution in [0.5, 0.6) is 5.75 Å². The lowest BCUT2D eigenvalue weighted by Crippen LogP contribution is -2.47. The van der Waals surface area contributed by atoms with E-state index >= 15 is 0 Å². The molecule has 2 fully saturated rings. The third-order valence-corrected chi connectivity index (χ3v) is 6.32. The number of rotatable bonds is 4. The van der Waals surface area contributed by atoms with Gasteiger partial charge in [-0.15, -0.1) is 0 Å². The molecule has 28 heavy (non-hydrogen) atoms. The number of carbonyl (C=O) groups excluding carboxylic acids is 1. The molecule has 1 aliphatic heterocycles. The molecule has 3 aliphatic rings. The largest absolute Gasteiger partial charge is 0.487 e. The Morgan fingerprint density at radius 1 is 1.14 bits per heavy atom. The second-order valence-corrected chi connectivity index (χ2v) is 8.42. The van der Waals surface area contributed by atoms with Crippen molar-refractivity contribution in [2.75, 3.05) is 0 Å². The van der Waals surface area contributed by atoms with Crippen molar-refractivity contribution in [3.05, 3.63) is 59.9 Å². The summed E-state index contributed by atoms with van der Waals surface area (Å²) in [5.74, 6) is 0.934. The Labute approximate surface area is 166 Å². The van der Waals surface area contributed by atoms with Crippen molar-refractivity contribution in [1.82, 2.24) is 15.2 Å². The van der Waals surface area contributed by atoms with E-state index in [1.807, 2.05) is 41.3 Å². The number of amides is 2. The van der Waals surface area contributed by atoms with Crippen LogP contribution in [0.2, 0.25) is 0 Å². The van der Waals surface area contributed by atoms with E-state index in [-0.39, 0.29) is 17.7 Å². The smallest absolute Gasteiger partial charge is 0.318 e. The summed E-state index contributed by atoms with van der Waals surface area (Å²) in [6, 6.07) is 14.4. The molecule has 1 aromatic carbocycles. The summed E-state index contributed by atoms with van der Waals surface area (Å²) in [6.45, 7) is 0.563. The van der Waals surface area contributed by atoms with Crippen LogP contribution in [0.1, 0.15) is 62.2 Å². The Kier molecular flexibility index (Phi) is 4.46. The van der Waals surface area contributed by atoms with Crippen molar-refractivity contribution < 1.29 is 9.53 Å². The Bertz CT molecular complexity index is 844. The number of ether oxygens (including phenoxy) is 1. The Hall–Kier alpha value is -2.56. The average molecular weight is 377 g/mol. The molecule has 5 nitrogen and oxygen atoms in total. The summed E-state index contributed by atoms with van der Waals surface area (Å²) < 4.78 is 6.43. The topological polar surface area (TPSA) is 54.5 Å². The van der Waals surface area contributed by atoms with Crippen LogP contribution >= 0.6 is 0 Å². The molecule has 2 saturated carbocycles. The van der Waals surface area contributed by atoms with Gasteiger partial charge in [0.2, 0.25) is 0 Å². The van der Waals surface area contributed by atoms with E-state index in [1.165, 1.54) is 12.8 Å². The van der Waals surface area contributed by atoms with Crippen LogP contribution in [0.15, 0.2) is 48.7 Å².